The van der Waals surface area contributed by atoms with Crippen molar-refractivity contribution in [2.75, 3.05) is 33.4 Å². The molecule has 1 aliphatic rings. The van der Waals surface area contributed by atoms with E-state index in [4.69, 9.17) is 4.74 Å². The quantitative estimate of drug-likeness (QED) is 0.801. The van der Waals surface area contributed by atoms with Crippen LogP contribution in [0.5, 0.6) is 0 Å². The molecule has 1 aromatic rings. The molecule has 0 radical (unpaired) electrons. The van der Waals surface area contributed by atoms with E-state index in [9.17, 15) is 4.79 Å². The van der Waals surface area contributed by atoms with Crippen molar-refractivity contribution in [2.45, 2.75) is 26.8 Å². The van der Waals surface area contributed by atoms with Crippen molar-refractivity contribution in [3.05, 3.63) is 17.0 Å². The minimum absolute atomic E-state index is 0.0966. The fraction of sp³-hybridized carbons (Fsp3) is 0.714. The number of ether oxygens (including phenoxy) is 1. The average Bonchev–Trinajstić information content (AvgIpc) is 3.02. The van der Waals surface area contributed by atoms with Crippen molar-refractivity contribution in [2.24, 2.45) is 5.92 Å². The summed E-state index contributed by atoms with van der Waals surface area (Å²) in [5, 5.41) is 10.1. The fourth-order valence-electron chi connectivity index (χ4n) is 2.62. The van der Waals surface area contributed by atoms with E-state index < -0.39 is 0 Å². The summed E-state index contributed by atoms with van der Waals surface area (Å²) in [5.41, 5.74) is 3.07. The van der Waals surface area contributed by atoms with Gasteiger partial charge in [0.2, 0.25) is 5.91 Å². The number of nitrogens with zero attached hydrogens (tertiary/aromatic N) is 2. The molecule has 1 saturated heterocycles. The van der Waals surface area contributed by atoms with Crippen molar-refractivity contribution in [3.63, 3.8) is 0 Å². The topological polar surface area (TPSA) is 70.2 Å². The van der Waals surface area contributed by atoms with E-state index >= 15 is 0 Å². The summed E-state index contributed by atoms with van der Waals surface area (Å²) in [4.78, 5) is 14.5. The molecule has 1 atom stereocenters. The summed E-state index contributed by atoms with van der Waals surface area (Å²) in [6, 6.07) is 0. The number of carbonyl (C=O) groups is 1. The van der Waals surface area contributed by atoms with Gasteiger partial charge < -0.3 is 15.0 Å². The number of aromatic amines is 1. The number of likely N-dealkylation sites (tertiary alicyclic amines) is 1. The number of H-pyrrole nitrogens is 1. The van der Waals surface area contributed by atoms with E-state index in [-0.39, 0.29) is 11.8 Å². The molecule has 2 rings (SSSR count). The Hall–Kier alpha value is -1.40. The minimum Gasteiger partial charge on any atom is -0.383 e. The highest BCUT2D eigenvalue weighted by atomic mass is 16.5. The number of hydrogen-bond acceptors (Lipinski definition) is 4. The van der Waals surface area contributed by atoms with Crippen molar-refractivity contribution >= 4 is 5.91 Å². The number of hydrogen-bond donors (Lipinski definition) is 2. The van der Waals surface area contributed by atoms with E-state index in [0.717, 1.165) is 49.6 Å². The monoisotopic (exact) mass is 280 g/mol. The molecule has 0 spiro atoms. The van der Waals surface area contributed by atoms with Crippen LogP contribution in [-0.4, -0.2) is 54.4 Å². The third kappa shape index (κ3) is 3.58. The van der Waals surface area contributed by atoms with Gasteiger partial charge in [-0.15, -0.1) is 0 Å². The predicted octanol–water partition coefficient (Wildman–Crippen LogP) is 0.611. The number of methoxy groups -OCH3 is 1. The van der Waals surface area contributed by atoms with Gasteiger partial charge in [-0.1, -0.05) is 0 Å². The molecule has 6 heteroatoms. The number of amides is 1. The number of aryl methyl sites for hydroxylation is 2. The van der Waals surface area contributed by atoms with E-state index in [1.165, 1.54) is 0 Å². The molecule has 2 N–H and O–H groups in total. The Morgan fingerprint density at radius 3 is 3.00 bits per heavy atom. The maximum Gasteiger partial charge on any atom is 0.224 e. The Morgan fingerprint density at radius 2 is 2.35 bits per heavy atom. The van der Waals surface area contributed by atoms with E-state index in [1.807, 2.05) is 13.8 Å². The summed E-state index contributed by atoms with van der Waals surface area (Å²) >= 11 is 0. The number of nitrogens with one attached hydrogen (secondary N) is 2. The molecule has 6 nitrogen and oxygen atoms in total. The van der Waals surface area contributed by atoms with Crippen LogP contribution in [0.3, 0.4) is 0 Å². The molecule has 0 aliphatic carbocycles. The second-order valence-corrected chi connectivity index (χ2v) is 5.41. The first-order valence-electron chi connectivity index (χ1n) is 7.11. The molecule has 2 heterocycles. The zero-order chi connectivity index (χ0) is 14.5. The van der Waals surface area contributed by atoms with Crippen LogP contribution in [0.4, 0.5) is 0 Å². The van der Waals surface area contributed by atoms with Gasteiger partial charge in [0.15, 0.2) is 0 Å². The second-order valence-electron chi connectivity index (χ2n) is 5.41. The summed E-state index contributed by atoms with van der Waals surface area (Å²) in [6.07, 6.45) is 0.929. The van der Waals surface area contributed by atoms with Gasteiger partial charge in [-0.3, -0.25) is 9.89 Å². The average molecular weight is 280 g/mol. The lowest BCUT2D eigenvalue weighted by Crippen LogP contribution is -2.33. The molecule has 1 unspecified atom stereocenters. The normalized spacial score (nSPS) is 19.4. The van der Waals surface area contributed by atoms with Crippen LogP contribution in [0.2, 0.25) is 0 Å². The van der Waals surface area contributed by atoms with Gasteiger partial charge in [0.25, 0.3) is 0 Å². The number of rotatable bonds is 6. The first kappa shape index (κ1) is 15.0. The lowest BCUT2D eigenvalue weighted by molar-refractivity contribution is -0.124. The molecule has 0 bridgehead atoms. The molecular weight excluding hydrogens is 256 g/mol. The second kappa shape index (κ2) is 6.85. The molecule has 1 amide bonds. The standard InChI is InChI=1S/C14H24N4O2/c1-10-13(11(2)17-16-10)8-15-14(19)12-4-5-18(9-12)6-7-20-3/h12H,4-9H2,1-3H3,(H,15,19)(H,16,17). The van der Waals surface area contributed by atoms with Gasteiger partial charge in [-0.2, -0.15) is 5.10 Å². The summed E-state index contributed by atoms with van der Waals surface area (Å²) in [6.45, 7) is 7.92. The van der Waals surface area contributed by atoms with Crippen LogP contribution < -0.4 is 5.32 Å². The van der Waals surface area contributed by atoms with Gasteiger partial charge >= 0.3 is 0 Å². The zero-order valence-electron chi connectivity index (χ0n) is 12.5. The molecule has 0 aromatic carbocycles. The van der Waals surface area contributed by atoms with Crippen molar-refractivity contribution < 1.29 is 9.53 Å². The van der Waals surface area contributed by atoms with Gasteiger partial charge in [0, 0.05) is 38.0 Å². The number of aromatic nitrogens is 2. The highest BCUT2D eigenvalue weighted by Crippen LogP contribution is 2.16. The molecule has 1 aliphatic heterocycles. The Kier molecular flexibility index (Phi) is 5.14. The maximum absolute atomic E-state index is 12.2. The van der Waals surface area contributed by atoms with Crippen molar-refractivity contribution in [3.8, 4) is 0 Å². The van der Waals surface area contributed by atoms with Gasteiger partial charge in [0.05, 0.1) is 18.2 Å². The number of carbonyl (C=O) groups excluding carboxylic acids is 1. The first-order valence-corrected chi connectivity index (χ1v) is 7.11. The van der Waals surface area contributed by atoms with Gasteiger partial charge in [0.1, 0.15) is 0 Å². The highest BCUT2D eigenvalue weighted by molar-refractivity contribution is 5.79. The molecule has 0 saturated carbocycles. The third-order valence-electron chi connectivity index (χ3n) is 3.97. The zero-order valence-corrected chi connectivity index (χ0v) is 12.5. The van der Waals surface area contributed by atoms with E-state index in [2.05, 4.69) is 20.4 Å². The molecule has 1 aromatic heterocycles. The third-order valence-corrected chi connectivity index (χ3v) is 3.97. The molecule has 112 valence electrons. The largest absolute Gasteiger partial charge is 0.383 e. The lowest BCUT2D eigenvalue weighted by Gasteiger charge is -2.15. The lowest BCUT2D eigenvalue weighted by atomic mass is 10.1. The van der Waals surface area contributed by atoms with Crippen LogP contribution in [0.15, 0.2) is 0 Å². The summed E-state index contributed by atoms with van der Waals surface area (Å²) in [5.74, 6) is 0.240. The minimum atomic E-state index is 0.0966. The van der Waals surface area contributed by atoms with Crippen LogP contribution in [-0.2, 0) is 16.1 Å². The smallest absolute Gasteiger partial charge is 0.224 e. The van der Waals surface area contributed by atoms with Gasteiger partial charge in [-0.25, -0.2) is 0 Å². The Labute approximate surface area is 119 Å². The van der Waals surface area contributed by atoms with E-state index in [0.29, 0.717) is 6.54 Å². The SMILES string of the molecule is COCCN1CCC(C(=O)NCc2c(C)n[nH]c2C)C1. The molecule has 1 fully saturated rings. The fourth-order valence-corrected chi connectivity index (χ4v) is 2.62. The van der Waals surface area contributed by atoms with E-state index in [1.54, 1.807) is 7.11 Å². The molecular formula is C14H24N4O2. The van der Waals surface area contributed by atoms with Crippen molar-refractivity contribution in [1.82, 2.24) is 20.4 Å². The maximum atomic E-state index is 12.2. The predicted molar refractivity (Wildman–Crippen MR) is 76.3 cm³/mol. The van der Waals surface area contributed by atoms with Crippen molar-refractivity contribution in [1.29, 1.82) is 0 Å². The van der Waals surface area contributed by atoms with Crippen LogP contribution in [0.1, 0.15) is 23.4 Å². The highest BCUT2D eigenvalue weighted by Gasteiger charge is 2.27. The van der Waals surface area contributed by atoms with Crippen LogP contribution in [0, 0.1) is 19.8 Å². The Balaban J connectivity index is 1.78. The summed E-state index contributed by atoms with van der Waals surface area (Å²) < 4.78 is 5.07. The van der Waals surface area contributed by atoms with Crippen LogP contribution >= 0.6 is 0 Å². The Morgan fingerprint density at radius 1 is 1.55 bits per heavy atom. The summed E-state index contributed by atoms with van der Waals surface area (Å²) in [7, 11) is 1.70. The molecule has 20 heavy (non-hydrogen) atoms. The van der Waals surface area contributed by atoms with Crippen LogP contribution in [0.25, 0.3) is 0 Å². The van der Waals surface area contributed by atoms with Gasteiger partial charge in [-0.05, 0) is 26.8 Å². The first-order chi connectivity index (χ1) is 9.61. The Bertz CT molecular complexity index is 439.